The van der Waals surface area contributed by atoms with Crippen molar-refractivity contribution in [2.45, 2.75) is 13.5 Å². The van der Waals surface area contributed by atoms with Crippen LogP contribution in [-0.4, -0.2) is 49.1 Å². The number of rotatable bonds is 7. The average Bonchev–Trinajstić information content (AvgIpc) is 3.43. The Morgan fingerprint density at radius 3 is 2.61 bits per heavy atom. The number of nitrogens with two attached hydrogens (primary N) is 1. The molecule has 4 rings (SSSR count). The van der Waals surface area contributed by atoms with E-state index in [1.54, 1.807) is 25.1 Å². The van der Waals surface area contributed by atoms with Gasteiger partial charge in [0.2, 0.25) is 11.6 Å². The minimum atomic E-state index is -0.595. The average molecular weight is 447 g/mol. The lowest BCUT2D eigenvalue weighted by Gasteiger charge is -2.19. The first kappa shape index (κ1) is 21.5. The molecule has 0 saturated carbocycles. The first-order chi connectivity index (χ1) is 16.0. The van der Waals surface area contributed by atoms with Crippen LogP contribution >= 0.6 is 0 Å². The molecular formula is C21H21N9O3. The van der Waals surface area contributed by atoms with Crippen molar-refractivity contribution in [1.82, 2.24) is 30.7 Å². The molecule has 0 radical (unpaired) electrons. The number of nitrogen functional groups attached to an aromatic ring is 1. The highest BCUT2D eigenvalue weighted by Gasteiger charge is 2.25. The Balaban J connectivity index is 1.65. The molecule has 0 unspecified atom stereocenters. The molecule has 12 nitrogen and oxygen atoms in total. The summed E-state index contributed by atoms with van der Waals surface area (Å²) in [4.78, 5) is 14.9. The van der Waals surface area contributed by atoms with E-state index >= 15 is 0 Å². The largest absolute Gasteiger partial charge is 0.507 e. The maximum atomic E-state index is 13.0. The zero-order valence-corrected chi connectivity index (χ0v) is 17.9. The van der Waals surface area contributed by atoms with E-state index in [1.807, 2.05) is 42.3 Å². The quantitative estimate of drug-likeness (QED) is 0.283. The maximum Gasteiger partial charge on any atom is 0.293 e. The van der Waals surface area contributed by atoms with Crippen LogP contribution < -0.4 is 16.1 Å². The SMILES string of the molecule is C/C(=N/NC(=O)c1nnn(-c2nonc2N)c1CN(C)c1ccccc1)c1ccccc1O. The molecule has 2 aromatic heterocycles. The second-order valence-corrected chi connectivity index (χ2v) is 7.12. The Bertz CT molecular complexity index is 1300. The number of carbonyl (C=O) groups excluding carboxylic acids is 1. The van der Waals surface area contributed by atoms with Crippen LogP contribution in [0.5, 0.6) is 5.75 Å². The third kappa shape index (κ3) is 4.49. The Morgan fingerprint density at radius 1 is 1.18 bits per heavy atom. The van der Waals surface area contributed by atoms with Crippen molar-refractivity contribution in [3.8, 4) is 11.6 Å². The fraction of sp³-hybridized carbons (Fsp3) is 0.143. The summed E-state index contributed by atoms with van der Waals surface area (Å²) in [6, 6.07) is 16.3. The van der Waals surface area contributed by atoms with Crippen LogP contribution in [0.2, 0.25) is 0 Å². The molecule has 0 fully saturated rings. The normalized spacial score (nSPS) is 11.4. The summed E-state index contributed by atoms with van der Waals surface area (Å²) in [6.45, 7) is 1.91. The highest BCUT2D eigenvalue weighted by atomic mass is 16.6. The predicted molar refractivity (Wildman–Crippen MR) is 120 cm³/mol. The molecule has 0 bridgehead atoms. The van der Waals surface area contributed by atoms with Crippen LogP contribution in [0.25, 0.3) is 5.82 Å². The van der Waals surface area contributed by atoms with Gasteiger partial charge < -0.3 is 15.7 Å². The molecular weight excluding hydrogens is 426 g/mol. The van der Waals surface area contributed by atoms with E-state index in [-0.39, 0.29) is 29.6 Å². The van der Waals surface area contributed by atoms with Gasteiger partial charge in [-0.1, -0.05) is 35.5 Å². The number of hydrogen-bond acceptors (Lipinski definition) is 10. The van der Waals surface area contributed by atoms with Crippen molar-refractivity contribution in [1.29, 1.82) is 0 Å². The van der Waals surface area contributed by atoms with Crippen molar-refractivity contribution < 1.29 is 14.5 Å². The number of amides is 1. The van der Waals surface area contributed by atoms with Gasteiger partial charge in [0.15, 0.2) is 5.69 Å². The fourth-order valence-electron chi connectivity index (χ4n) is 3.15. The number of nitrogens with zero attached hydrogens (tertiary/aromatic N) is 7. The van der Waals surface area contributed by atoms with E-state index in [2.05, 4.69) is 35.8 Å². The van der Waals surface area contributed by atoms with Gasteiger partial charge in [-0.2, -0.15) is 9.78 Å². The summed E-state index contributed by atoms with van der Waals surface area (Å²) in [5.41, 5.74) is 10.5. The number of phenols is 1. The van der Waals surface area contributed by atoms with Crippen LogP contribution in [0.15, 0.2) is 64.3 Å². The van der Waals surface area contributed by atoms with Crippen LogP contribution in [0.4, 0.5) is 11.5 Å². The van der Waals surface area contributed by atoms with Crippen molar-refractivity contribution in [2.24, 2.45) is 5.10 Å². The molecule has 33 heavy (non-hydrogen) atoms. The van der Waals surface area contributed by atoms with Gasteiger partial charge in [-0.15, -0.1) is 5.10 Å². The molecule has 2 aromatic carbocycles. The highest BCUT2D eigenvalue weighted by molar-refractivity contribution is 6.02. The van der Waals surface area contributed by atoms with E-state index < -0.39 is 5.91 Å². The number of phenolic OH excluding ortho intramolecular Hbond substituents is 1. The van der Waals surface area contributed by atoms with Crippen LogP contribution in [0.3, 0.4) is 0 Å². The monoisotopic (exact) mass is 447 g/mol. The molecule has 0 aliphatic carbocycles. The van der Waals surface area contributed by atoms with Gasteiger partial charge in [0.25, 0.3) is 5.91 Å². The van der Waals surface area contributed by atoms with Crippen molar-refractivity contribution in [2.75, 3.05) is 17.7 Å². The van der Waals surface area contributed by atoms with Gasteiger partial charge >= 0.3 is 0 Å². The number of aromatic nitrogens is 5. The fourth-order valence-corrected chi connectivity index (χ4v) is 3.15. The number of hydrazone groups is 1. The van der Waals surface area contributed by atoms with Gasteiger partial charge in [-0.3, -0.25) is 4.79 Å². The first-order valence-electron chi connectivity index (χ1n) is 9.88. The maximum absolute atomic E-state index is 13.0. The van der Waals surface area contributed by atoms with E-state index in [1.165, 1.54) is 10.7 Å². The number of anilines is 2. The molecule has 1 amide bonds. The Kier molecular flexibility index (Phi) is 5.98. The summed E-state index contributed by atoms with van der Waals surface area (Å²) < 4.78 is 5.99. The van der Waals surface area contributed by atoms with Crippen molar-refractivity contribution in [3.05, 3.63) is 71.5 Å². The summed E-state index contributed by atoms with van der Waals surface area (Å²) in [5.74, 6) is -0.420. The Morgan fingerprint density at radius 2 is 1.91 bits per heavy atom. The van der Waals surface area contributed by atoms with Gasteiger partial charge in [0, 0.05) is 18.3 Å². The summed E-state index contributed by atoms with van der Waals surface area (Å²) in [5, 5.41) is 29.5. The first-order valence-corrected chi connectivity index (χ1v) is 9.88. The molecule has 0 spiro atoms. The lowest BCUT2D eigenvalue weighted by molar-refractivity contribution is 0.0948. The van der Waals surface area contributed by atoms with Crippen LogP contribution in [0, 0.1) is 0 Å². The molecule has 4 N–H and O–H groups in total. The summed E-state index contributed by atoms with van der Waals surface area (Å²) in [7, 11) is 1.86. The number of aromatic hydroxyl groups is 1. The molecule has 4 aromatic rings. The minimum Gasteiger partial charge on any atom is -0.507 e. The lowest BCUT2D eigenvalue weighted by atomic mass is 10.1. The third-order valence-electron chi connectivity index (χ3n) is 4.88. The van der Waals surface area contributed by atoms with Crippen molar-refractivity contribution >= 4 is 23.1 Å². The van der Waals surface area contributed by atoms with Gasteiger partial charge in [0.05, 0.1) is 18.0 Å². The van der Waals surface area contributed by atoms with Crippen LogP contribution in [-0.2, 0) is 6.54 Å². The number of nitrogens with one attached hydrogen (secondary N) is 1. The van der Waals surface area contributed by atoms with Crippen LogP contribution in [0.1, 0.15) is 28.7 Å². The second-order valence-electron chi connectivity index (χ2n) is 7.12. The number of benzene rings is 2. The Labute approximate surface area is 188 Å². The molecule has 0 atom stereocenters. The smallest absolute Gasteiger partial charge is 0.293 e. The van der Waals surface area contributed by atoms with E-state index in [9.17, 15) is 9.90 Å². The van der Waals surface area contributed by atoms with E-state index in [4.69, 9.17) is 5.73 Å². The number of para-hydroxylation sites is 2. The number of carbonyl (C=O) groups is 1. The molecule has 0 aliphatic rings. The van der Waals surface area contributed by atoms with Crippen molar-refractivity contribution in [3.63, 3.8) is 0 Å². The third-order valence-corrected chi connectivity index (χ3v) is 4.88. The Hall–Kier alpha value is -4.74. The summed E-state index contributed by atoms with van der Waals surface area (Å²) in [6.07, 6.45) is 0. The van der Waals surface area contributed by atoms with E-state index in [0.717, 1.165) is 5.69 Å². The molecule has 12 heteroatoms. The molecule has 168 valence electrons. The second kappa shape index (κ2) is 9.18. The highest BCUT2D eigenvalue weighted by Crippen LogP contribution is 2.21. The zero-order valence-electron chi connectivity index (χ0n) is 17.9. The topological polar surface area (TPSA) is 161 Å². The molecule has 2 heterocycles. The van der Waals surface area contributed by atoms with Gasteiger partial charge in [0.1, 0.15) is 5.75 Å². The predicted octanol–water partition coefficient (Wildman–Crippen LogP) is 1.73. The molecule has 0 saturated heterocycles. The lowest BCUT2D eigenvalue weighted by Crippen LogP contribution is -2.25. The van der Waals surface area contributed by atoms with E-state index in [0.29, 0.717) is 17.0 Å². The minimum absolute atomic E-state index is 0.00360. The number of hydrogen-bond donors (Lipinski definition) is 3. The van der Waals surface area contributed by atoms with Gasteiger partial charge in [-0.05, 0) is 41.5 Å². The standard InChI is InChI=1S/C21H21N9O3/c1-13(15-10-6-7-11-17(15)31)23-25-21(32)18-16(12-29(2)14-8-4-3-5-9-14)30(28-24-18)20-19(22)26-33-27-20/h3-11,31H,12H2,1-2H3,(H2,22,26)(H,25,32)/b23-13-. The zero-order chi connectivity index (χ0) is 23.4. The molecule has 0 aliphatic heterocycles. The summed E-state index contributed by atoms with van der Waals surface area (Å²) >= 11 is 0. The van der Waals surface area contributed by atoms with Gasteiger partial charge in [-0.25, -0.2) is 10.1 Å².